The standard InChI is InChI=1S/2C10H5ClN2/c2*11-10-4-2-1-3-9(10)5-8(6-12)7-13/h2*1-5H. The normalized spacial score (nSPS) is 8.23. The lowest BCUT2D eigenvalue weighted by atomic mass is 10.1. The summed E-state index contributed by atoms with van der Waals surface area (Å²) < 4.78 is 0. The van der Waals surface area contributed by atoms with Crippen LogP contribution in [0.1, 0.15) is 11.1 Å². The third kappa shape index (κ3) is 6.52. The van der Waals surface area contributed by atoms with Gasteiger partial charge in [0.25, 0.3) is 0 Å². The second kappa shape index (κ2) is 11.1. The first-order valence-corrected chi connectivity index (χ1v) is 7.84. The third-order valence-electron chi connectivity index (χ3n) is 2.89. The molecule has 0 fully saturated rings. The summed E-state index contributed by atoms with van der Waals surface area (Å²) in [4.78, 5) is 0. The van der Waals surface area contributed by atoms with Crippen molar-refractivity contribution in [1.29, 1.82) is 21.0 Å². The Labute approximate surface area is 161 Å². The van der Waals surface area contributed by atoms with Crippen molar-refractivity contribution in [1.82, 2.24) is 0 Å². The van der Waals surface area contributed by atoms with E-state index in [9.17, 15) is 0 Å². The van der Waals surface area contributed by atoms with Crippen molar-refractivity contribution in [3.05, 3.63) is 80.8 Å². The van der Waals surface area contributed by atoms with Gasteiger partial charge in [-0.2, -0.15) is 21.0 Å². The number of halogens is 2. The van der Waals surface area contributed by atoms with Crippen LogP contribution in [-0.2, 0) is 0 Å². The fourth-order valence-electron chi connectivity index (χ4n) is 1.67. The summed E-state index contributed by atoms with van der Waals surface area (Å²) in [5.41, 5.74) is 1.46. The maximum absolute atomic E-state index is 8.49. The molecule has 0 saturated heterocycles. The first-order chi connectivity index (χ1) is 12.5. The molecule has 0 unspecified atom stereocenters. The summed E-state index contributed by atoms with van der Waals surface area (Å²) in [7, 11) is 0. The van der Waals surface area contributed by atoms with Crippen LogP contribution in [-0.4, -0.2) is 0 Å². The van der Waals surface area contributed by atoms with Crippen molar-refractivity contribution >= 4 is 35.4 Å². The first-order valence-electron chi connectivity index (χ1n) is 7.08. The van der Waals surface area contributed by atoms with Crippen LogP contribution in [0.3, 0.4) is 0 Å². The Hall–Kier alpha value is -3.54. The number of nitrogens with zero attached hydrogens (tertiary/aromatic N) is 4. The quantitative estimate of drug-likeness (QED) is 0.642. The number of hydrogen-bond donors (Lipinski definition) is 0. The molecule has 2 aromatic rings. The number of nitriles is 4. The number of allylic oxidation sites excluding steroid dienone is 2. The van der Waals surface area contributed by atoms with Gasteiger partial charge in [-0.15, -0.1) is 0 Å². The van der Waals surface area contributed by atoms with Crippen LogP contribution in [0.15, 0.2) is 59.7 Å². The molecule has 6 heteroatoms. The summed E-state index contributed by atoms with van der Waals surface area (Å²) in [6.45, 7) is 0. The molecule has 26 heavy (non-hydrogen) atoms. The van der Waals surface area contributed by atoms with Crippen LogP contribution >= 0.6 is 23.2 Å². The van der Waals surface area contributed by atoms with E-state index in [4.69, 9.17) is 44.2 Å². The molecule has 2 rings (SSSR count). The molecule has 0 heterocycles. The Kier molecular flexibility index (Phi) is 8.75. The Balaban J connectivity index is 0.000000260. The van der Waals surface area contributed by atoms with Gasteiger partial charge in [0.15, 0.2) is 0 Å². The first kappa shape index (κ1) is 20.5. The molecule has 0 aliphatic rings. The summed E-state index contributed by atoms with van der Waals surface area (Å²) in [6, 6.07) is 21.2. The van der Waals surface area contributed by atoms with Crippen molar-refractivity contribution in [2.24, 2.45) is 0 Å². The highest BCUT2D eigenvalue weighted by molar-refractivity contribution is 6.32. The molecule has 2 aromatic carbocycles. The Bertz CT molecular complexity index is 894. The molecule has 0 bridgehead atoms. The highest BCUT2D eigenvalue weighted by Gasteiger charge is 1.98. The fourth-order valence-corrected chi connectivity index (χ4v) is 2.05. The molecule has 4 nitrogen and oxygen atoms in total. The number of rotatable bonds is 2. The molecule has 0 saturated carbocycles. The van der Waals surface area contributed by atoms with E-state index in [0.29, 0.717) is 21.2 Å². The van der Waals surface area contributed by atoms with Crippen LogP contribution < -0.4 is 0 Å². The molecule has 0 spiro atoms. The smallest absolute Gasteiger partial charge is 0.130 e. The van der Waals surface area contributed by atoms with Gasteiger partial charge < -0.3 is 0 Å². The lowest BCUT2D eigenvalue weighted by Crippen LogP contribution is -1.76. The van der Waals surface area contributed by atoms with Gasteiger partial charge in [0.2, 0.25) is 0 Å². The van der Waals surface area contributed by atoms with E-state index in [1.165, 1.54) is 12.2 Å². The van der Waals surface area contributed by atoms with Crippen LogP contribution in [0.2, 0.25) is 10.0 Å². The molecule has 0 N–H and O–H groups in total. The van der Waals surface area contributed by atoms with Crippen LogP contribution in [0, 0.1) is 45.3 Å². The largest absolute Gasteiger partial charge is 0.192 e. The minimum atomic E-state index is 0.0492. The minimum absolute atomic E-state index is 0.0492. The molecular formula is C20H10Cl2N4. The van der Waals surface area contributed by atoms with Gasteiger partial charge in [-0.05, 0) is 35.4 Å². The van der Waals surface area contributed by atoms with Crippen molar-refractivity contribution in [2.45, 2.75) is 0 Å². The zero-order valence-corrected chi connectivity index (χ0v) is 14.8. The summed E-state index contributed by atoms with van der Waals surface area (Å²) in [5, 5.41) is 35.0. The zero-order chi connectivity index (χ0) is 19.4. The summed E-state index contributed by atoms with van der Waals surface area (Å²) in [5.74, 6) is 0. The number of benzene rings is 2. The van der Waals surface area contributed by atoms with E-state index in [0.717, 1.165) is 0 Å². The average molecular weight is 377 g/mol. The lowest BCUT2D eigenvalue weighted by molar-refractivity contribution is 1.47. The molecule has 0 aliphatic carbocycles. The third-order valence-corrected chi connectivity index (χ3v) is 3.58. The van der Waals surface area contributed by atoms with E-state index in [1.54, 1.807) is 72.8 Å². The zero-order valence-electron chi connectivity index (χ0n) is 13.3. The van der Waals surface area contributed by atoms with E-state index >= 15 is 0 Å². The second-order valence-corrected chi connectivity index (χ2v) is 5.42. The van der Waals surface area contributed by atoms with E-state index in [2.05, 4.69) is 0 Å². The van der Waals surface area contributed by atoms with E-state index in [1.807, 2.05) is 0 Å². The Morgan fingerprint density at radius 2 is 0.923 bits per heavy atom. The molecule has 0 amide bonds. The highest BCUT2D eigenvalue weighted by atomic mass is 35.5. The monoisotopic (exact) mass is 376 g/mol. The molecule has 0 aliphatic heterocycles. The lowest BCUT2D eigenvalue weighted by Gasteiger charge is -1.94. The number of hydrogen-bond acceptors (Lipinski definition) is 4. The Morgan fingerprint density at radius 1 is 0.615 bits per heavy atom. The minimum Gasteiger partial charge on any atom is -0.192 e. The molecule has 0 atom stereocenters. The average Bonchev–Trinajstić information content (AvgIpc) is 2.67. The maximum atomic E-state index is 8.49. The van der Waals surface area contributed by atoms with Gasteiger partial charge in [-0.1, -0.05) is 59.6 Å². The predicted octanol–water partition coefficient (Wildman–Crippen LogP) is 5.54. The van der Waals surface area contributed by atoms with Gasteiger partial charge in [-0.25, -0.2) is 0 Å². The second-order valence-electron chi connectivity index (χ2n) is 4.61. The predicted molar refractivity (Wildman–Crippen MR) is 101 cm³/mol. The molecule has 124 valence electrons. The van der Waals surface area contributed by atoms with Gasteiger partial charge in [0, 0.05) is 10.0 Å². The van der Waals surface area contributed by atoms with Crippen molar-refractivity contribution < 1.29 is 0 Å². The van der Waals surface area contributed by atoms with Crippen molar-refractivity contribution in [3.63, 3.8) is 0 Å². The van der Waals surface area contributed by atoms with Gasteiger partial charge >= 0.3 is 0 Å². The van der Waals surface area contributed by atoms with E-state index < -0.39 is 0 Å². The molecular weight excluding hydrogens is 367 g/mol. The van der Waals surface area contributed by atoms with Gasteiger partial charge in [0.05, 0.1) is 0 Å². The molecule has 0 aromatic heterocycles. The van der Waals surface area contributed by atoms with Gasteiger partial charge in [-0.3, -0.25) is 0 Å². The van der Waals surface area contributed by atoms with Gasteiger partial charge in [0.1, 0.15) is 35.4 Å². The van der Waals surface area contributed by atoms with Crippen LogP contribution in [0.25, 0.3) is 12.2 Å². The van der Waals surface area contributed by atoms with E-state index in [-0.39, 0.29) is 11.1 Å². The van der Waals surface area contributed by atoms with Crippen LogP contribution in [0.4, 0.5) is 0 Å². The van der Waals surface area contributed by atoms with Crippen molar-refractivity contribution in [2.75, 3.05) is 0 Å². The van der Waals surface area contributed by atoms with Crippen LogP contribution in [0.5, 0.6) is 0 Å². The topological polar surface area (TPSA) is 95.2 Å². The highest BCUT2D eigenvalue weighted by Crippen LogP contribution is 2.18. The summed E-state index contributed by atoms with van der Waals surface area (Å²) in [6.07, 6.45) is 2.92. The fraction of sp³-hybridized carbons (Fsp3) is 0. The Morgan fingerprint density at radius 3 is 1.19 bits per heavy atom. The van der Waals surface area contributed by atoms with Crippen molar-refractivity contribution in [3.8, 4) is 24.3 Å². The summed E-state index contributed by atoms with van der Waals surface area (Å²) >= 11 is 11.6. The maximum Gasteiger partial charge on any atom is 0.130 e. The molecule has 0 radical (unpaired) electrons. The SMILES string of the molecule is N#CC(C#N)=Cc1ccccc1Cl.N#CC(C#N)=Cc1ccccc1Cl.